The molecule has 6 heteroatoms. The molecule has 1 unspecified atom stereocenters. The van der Waals surface area contributed by atoms with Gasteiger partial charge in [-0.3, -0.25) is 14.4 Å². The fraction of sp³-hybridized carbons (Fsp3) is 0.596. The van der Waals surface area contributed by atoms with Gasteiger partial charge in [0.2, 0.25) is 0 Å². The third kappa shape index (κ3) is 39.4. The van der Waals surface area contributed by atoms with Crippen LogP contribution in [0.5, 0.6) is 0 Å². The van der Waals surface area contributed by atoms with E-state index in [1.54, 1.807) is 0 Å². The Morgan fingerprint density at radius 1 is 0.396 bits per heavy atom. The molecule has 0 bridgehead atoms. The summed E-state index contributed by atoms with van der Waals surface area (Å²) in [6.45, 7) is 6.26. The monoisotopic (exact) mass is 735 g/mol. The molecule has 0 aromatic heterocycles. The number of rotatable bonds is 35. The number of hydrogen-bond acceptors (Lipinski definition) is 6. The summed E-state index contributed by atoms with van der Waals surface area (Å²) >= 11 is 0. The number of hydrogen-bond donors (Lipinski definition) is 0. The van der Waals surface area contributed by atoms with Gasteiger partial charge in [-0.15, -0.1) is 0 Å². The van der Waals surface area contributed by atoms with Crippen molar-refractivity contribution in [1.82, 2.24) is 0 Å². The van der Waals surface area contributed by atoms with E-state index in [-0.39, 0.29) is 37.5 Å². The van der Waals surface area contributed by atoms with Gasteiger partial charge in [0, 0.05) is 19.3 Å². The smallest absolute Gasteiger partial charge is 0.306 e. The SMILES string of the molecule is CC\C=C/C=C\C=C/C=C\CCCCCC(=O)OCC(COC(=O)CCCCC/C=C\C=C/CCCC)OC(=O)CCCCC/C=C\C=C/CCCC. The van der Waals surface area contributed by atoms with Crippen LogP contribution in [0.15, 0.2) is 97.2 Å². The van der Waals surface area contributed by atoms with Gasteiger partial charge < -0.3 is 14.2 Å². The van der Waals surface area contributed by atoms with Crippen LogP contribution in [0.2, 0.25) is 0 Å². The van der Waals surface area contributed by atoms with Crippen LogP contribution in [0.25, 0.3) is 0 Å². The lowest BCUT2D eigenvalue weighted by Crippen LogP contribution is -2.30. The molecule has 0 aromatic rings. The lowest BCUT2D eigenvalue weighted by molar-refractivity contribution is -0.167. The molecule has 0 heterocycles. The zero-order valence-corrected chi connectivity index (χ0v) is 33.7. The van der Waals surface area contributed by atoms with Crippen molar-refractivity contribution in [3.63, 3.8) is 0 Å². The Hall–Kier alpha value is -3.67. The average molecular weight is 735 g/mol. The summed E-state index contributed by atoms with van der Waals surface area (Å²) in [4.78, 5) is 37.6. The molecule has 0 spiro atoms. The van der Waals surface area contributed by atoms with E-state index in [2.05, 4.69) is 81.5 Å². The topological polar surface area (TPSA) is 78.9 Å². The number of unbranched alkanes of at least 4 members (excludes halogenated alkanes) is 13. The van der Waals surface area contributed by atoms with E-state index < -0.39 is 6.10 Å². The number of esters is 3. The Labute approximate surface area is 324 Å². The molecule has 53 heavy (non-hydrogen) atoms. The normalized spacial score (nSPS) is 13.0. The summed E-state index contributed by atoms with van der Waals surface area (Å²) in [7, 11) is 0. The molecule has 1 atom stereocenters. The van der Waals surface area contributed by atoms with Crippen molar-refractivity contribution >= 4 is 17.9 Å². The first kappa shape index (κ1) is 49.3. The second-order valence-corrected chi connectivity index (χ2v) is 13.3. The van der Waals surface area contributed by atoms with Crippen molar-refractivity contribution in [1.29, 1.82) is 0 Å². The van der Waals surface area contributed by atoms with Gasteiger partial charge in [0.05, 0.1) is 0 Å². The maximum atomic E-state index is 12.6. The summed E-state index contributed by atoms with van der Waals surface area (Å²) < 4.78 is 16.6. The Balaban J connectivity index is 4.56. The van der Waals surface area contributed by atoms with Crippen molar-refractivity contribution in [2.24, 2.45) is 0 Å². The van der Waals surface area contributed by atoms with Gasteiger partial charge in [0.15, 0.2) is 6.10 Å². The van der Waals surface area contributed by atoms with Gasteiger partial charge in [0.1, 0.15) is 13.2 Å². The number of carbonyl (C=O) groups excluding carboxylic acids is 3. The van der Waals surface area contributed by atoms with Crippen LogP contribution in [0.1, 0.15) is 162 Å². The van der Waals surface area contributed by atoms with Crippen molar-refractivity contribution in [2.45, 2.75) is 168 Å². The van der Waals surface area contributed by atoms with Gasteiger partial charge >= 0.3 is 17.9 Å². The van der Waals surface area contributed by atoms with E-state index in [9.17, 15) is 14.4 Å². The van der Waals surface area contributed by atoms with E-state index in [1.807, 2.05) is 36.5 Å². The molecule has 298 valence electrons. The Kier molecular flexibility index (Phi) is 38.2. The second-order valence-electron chi connectivity index (χ2n) is 13.3. The van der Waals surface area contributed by atoms with Gasteiger partial charge in [0.25, 0.3) is 0 Å². The highest BCUT2D eigenvalue weighted by Crippen LogP contribution is 2.10. The highest BCUT2D eigenvalue weighted by atomic mass is 16.6. The van der Waals surface area contributed by atoms with Gasteiger partial charge in [-0.1, -0.05) is 163 Å². The van der Waals surface area contributed by atoms with Crippen LogP contribution >= 0.6 is 0 Å². The zero-order valence-electron chi connectivity index (χ0n) is 33.7. The minimum Gasteiger partial charge on any atom is -0.462 e. The number of ether oxygens (including phenoxy) is 3. The van der Waals surface area contributed by atoms with E-state index in [4.69, 9.17) is 14.2 Å². The van der Waals surface area contributed by atoms with Crippen LogP contribution in [0.3, 0.4) is 0 Å². The molecular weight excluding hydrogens is 661 g/mol. The first-order valence-electron chi connectivity index (χ1n) is 20.8. The maximum absolute atomic E-state index is 12.6. The predicted octanol–water partition coefficient (Wildman–Crippen LogP) is 13.1. The summed E-state index contributed by atoms with van der Waals surface area (Å²) in [6.07, 6.45) is 52.5. The lowest BCUT2D eigenvalue weighted by atomic mass is 10.1. The van der Waals surface area contributed by atoms with Crippen molar-refractivity contribution < 1.29 is 28.6 Å². The van der Waals surface area contributed by atoms with Crippen molar-refractivity contribution in [3.8, 4) is 0 Å². The predicted molar refractivity (Wildman–Crippen MR) is 224 cm³/mol. The average Bonchev–Trinajstić information content (AvgIpc) is 3.15. The minimum absolute atomic E-state index is 0.118. The molecule has 0 radical (unpaired) electrons. The van der Waals surface area contributed by atoms with Crippen molar-refractivity contribution in [3.05, 3.63) is 97.2 Å². The fourth-order valence-electron chi connectivity index (χ4n) is 4.99. The van der Waals surface area contributed by atoms with Gasteiger partial charge in [-0.2, -0.15) is 0 Å². The molecule has 0 rings (SSSR count). The third-order valence-corrected chi connectivity index (χ3v) is 8.19. The van der Waals surface area contributed by atoms with E-state index in [1.165, 1.54) is 25.7 Å². The first-order chi connectivity index (χ1) is 26.0. The molecule has 0 N–H and O–H groups in total. The quantitative estimate of drug-likeness (QED) is 0.0279. The summed E-state index contributed by atoms with van der Waals surface area (Å²) in [5.74, 6) is -1.03. The fourth-order valence-corrected chi connectivity index (χ4v) is 4.99. The summed E-state index contributed by atoms with van der Waals surface area (Å²) in [6, 6.07) is 0. The van der Waals surface area contributed by atoms with Crippen LogP contribution in [0, 0.1) is 0 Å². The van der Waals surface area contributed by atoms with E-state index in [0.29, 0.717) is 12.8 Å². The Bertz CT molecular complexity index is 1120. The van der Waals surface area contributed by atoms with Crippen LogP contribution < -0.4 is 0 Å². The highest BCUT2D eigenvalue weighted by molar-refractivity contribution is 5.71. The van der Waals surface area contributed by atoms with Gasteiger partial charge in [-0.05, 0) is 77.0 Å². The minimum atomic E-state index is -0.816. The van der Waals surface area contributed by atoms with Crippen molar-refractivity contribution in [2.75, 3.05) is 13.2 Å². The molecule has 0 fully saturated rings. The number of allylic oxidation sites excluding steroid dienone is 16. The van der Waals surface area contributed by atoms with Crippen LogP contribution in [-0.4, -0.2) is 37.2 Å². The molecule has 0 aromatic carbocycles. The maximum Gasteiger partial charge on any atom is 0.306 e. The van der Waals surface area contributed by atoms with Crippen LogP contribution in [-0.2, 0) is 28.6 Å². The molecule has 0 saturated heterocycles. The van der Waals surface area contributed by atoms with Crippen LogP contribution in [0.4, 0.5) is 0 Å². The zero-order chi connectivity index (χ0) is 38.7. The van der Waals surface area contributed by atoms with E-state index in [0.717, 1.165) is 96.3 Å². The number of carbonyl (C=O) groups is 3. The first-order valence-corrected chi connectivity index (χ1v) is 20.8. The van der Waals surface area contributed by atoms with E-state index >= 15 is 0 Å². The molecule has 6 nitrogen and oxygen atoms in total. The lowest BCUT2D eigenvalue weighted by Gasteiger charge is -2.18. The molecule has 0 aliphatic rings. The molecule has 0 saturated carbocycles. The second kappa shape index (κ2) is 41.1. The Morgan fingerprint density at radius 2 is 0.736 bits per heavy atom. The molecule has 0 aliphatic heterocycles. The summed E-state index contributed by atoms with van der Waals surface area (Å²) in [5, 5.41) is 0. The third-order valence-electron chi connectivity index (χ3n) is 8.19. The van der Waals surface area contributed by atoms with Gasteiger partial charge in [-0.25, -0.2) is 0 Å². The molecular formula is C47H74O6. The largest absolute Gasteiger partial charge is 0.462 e. The highest BCUT2D eigenvalue weighted by Gasteiger charge is 2.19. The Morgan fingerprint density at radius 3 is 1.13 bits per heavy atom. The standard InChI is InChI=1S/C47H74O6/c1-4-7-10-13-16-19-22-23-26-28-31-34-37-40-46(49)52-43-44(53-47(50)41-38-35-32-29-25-21-18-15-12-9-6-3)42-51-45(48)39-36-33-30-27-24-20-17-14-11-8-5-2/h7,10,13-26,44H,4-6,8-9,11-12,27-43H2,1-3H3/b10-7-,16-13-,17-14-,18-15-,22-19-,24-20-,25-21-,26-23-. The molecule has 0 aliphatic carbocycles. The molecule has 0 amide bonds. The summed E-state index contributed by atoms with van der Waals surface area (Å²) in [5.41, 5.74) is 0.